The number of amides is 1. The maximum Gasteiger partial charge on any atom is 0.244 e. The number of likely N-dealkylation sites (N-methyl/N-ethyl adjacent to an activating group) is 1. The lowest BCUT2D eigenvalue weighted by atomic mass is 10.2. The molecule has 0 aromatic heterocycles. The van der Waals surface area contributed by atoms with Gasteiger partial charge < -0.3 is 10.6 Å². The number of carbonyl (C=O) groups excluding carboxylic acids is 1. The summed E-state index contributed by atoms with van der Waals surface area (Å²) >= 11 is 0. The Balaban J connectivity index is 2.26. The zero-order valence-corrected chi connectivity index (χ0v) is 9.57. The van der Waals surface area contributed by atoms with E-state index in [1.54, 1.807) is 6.08 Å². The predicted octanol–water partition coefficient (Wildman–Crippen LogP) is 1.43. The van der Waals surface area contributed by atoms with Crippen LogP contribution >= 0.6 is 0 Å². The second-order valence-corrected chi connectivity index (χ2v) is 3.39. The smallest absolute Gasteiger partial charge is 0.244 e. The second kappa shape index (κ2) is 7.65. The van der Waals surface area contributed by atoms with Crippen LogP contribution in [0.3, 0.4) is 0 Å². The highest BCUT2D eigenvalue weighted by Gasteiger charge is 1.93. The van der Waals surface area contributed by atoms with Crippen LogP contribution in [0.4, 0.5) is 0 Å². The first-order valence-electron chi connectivity index (χ1n) is 5.54. The Kier molecular flexibility index (Phi) is 5.96. The van der Waals surface area contributed by atoms with Gasteiger partial charge in [0.05, 0.1) is 0 Å². The third-order valence-corrected chi connectivity index (χ3v) is 2.08. The van der Waals surface area contributed by atoms with E-state index in [4.69, 9.17) is 0 Å². The van der Waals surface area contributed by atoms with Crippen molar-refractivity contribution in [3.8, 4) is 0 Å². The van der Waals surface area contributed by atoms with Crippen LogP contribution in [0.25, 0.3) is 6.08 Å². The fourth-order valence-electron chi connectivity index (χ4n) is 1.25. The standard InChI is InChI=1S/C13H18N2O/c1-2-14-10-11-15-13(16)9-8-12-6-4-3-5-7-12/h3-9,14H,2,10-11H2,1H3,(H,15,16). The van der Waals surface area contributed by atoms with Gasteiger partial charge in [0.25, 0.3) is 0 Å². The molecule has 0 aliphatic carbocycles. The monoisotopic (exact) mass is 218 g/mol. The summed E-state index contributed by atoms with van der Waals surface area (Å²) < 4.78 is 0. The van der Waals surface area contributed by atoms with Crippen LogP contribution in [-0.4, -0.2) is 25.5 Å². The van der Waals surface area contributed by atoms with Crippen molar-refractivity contribution in [3.05, 3.63) is 42.0 Å². The van der Waals surface area contributed by atoms with Gasteiger partial charge in [-0.2, -0.15) is 0 Å². The van der Waals surface area contributed by atoms with E-state index < -0.39 is 0 Å². The fourth-order valence-corrected chi connectivity index (χ4v) is 1.25. The molecule has 86 valence electrons. The van der Waals surface area contributed by atoms with Crippen molar-refractivity contribution < 1.29 is 4.79 Å². The Bertz CT molecular complexity index is 333. The highest BCUT2D eigenvalue weighted by atomic mass is 16.1. The molecule has 3 nitrogen and oxygen atoms in total. The molecule has 3 heteroatoms. The van der Waals surface area contributed by atoms with E-state index in [1.165, 1.54) is 0 Å². The van der Waals surface area contributed by atoms with Crippen molar-refractivity contribution in [1.29, 1.82) is 0 Å². The minimum absolute atomic E-state index is 0.0539. The van der Waals surface area contributed by atoms with E-state index in [9.17, 15) is 4.79 Å². The summed E-state index contributed by atoms with van der Waals surface area (Å²) in [5.41, 5.74) is 1.03. The van der Waals surface area contributed by atoms with Gasteiger partial charge in [0.15, 0.2) is 0 Å². The third-order valence-electron chi connectivity index (χ3n) is 2.08. The number of carbonyl (C=O) groups is 1. The quantitative estimate of drug-likeness (QED) is 0.560. The van der Waals surface area contributed by atoms with Crippen LogP contribution in [0.2, 0.25) is 0 Å². The van der Waals surface area contributed by atoms with Gasteiger partial charge in [0.1, 0.15) is 0 Å². The molecule has 0 atom stereocenters. The van der Waals surface area contributed by atoms with E-state index in [0.717, 1.165) is 18.7 Å². The lowest BCUT2D eigenvalue weighted by Gasteiger charge is -2.01. The molecule has 0 radical (unpaired) electrons. The van der Waals surface area contributed by atoms with Crippen LogP contribution < -0.4 is 10.6 Å². The molecule has 0 saturated carbocycles. The zero-order valence-electron chi connectivity index (χ0n) is 9.57. The number of benzene rings is 1. The number of hydrogen-bond acceptors (Lipinski definition) is 2. The van der Waals surface area contributed by atoms with Gasteiger partial charge in [-0.3, -0.25) is 4.79 Å². The van der Waals surface area contributed by atoms with Crippen molar-refractivity contribution in [2.75, 3.05) is 19.6 Å². The van der Waals surface area contributed by atoms with Crippen LogP contribution in [0.1, 0.15) is 12.5 Å². The highest BCUT2D eigenvalue weighted by Crippen LogP contribution is 2.00. The molecule has 1 rings (SSSR count). The Morgan fingerprint density at radius 1 is 1.25 bits per heavy atom. The van der Waals surface area contributed by atoms with E-state index >= 15 is 0 Å². The van der Waals surface area contributed by atoms with Crippen LogP contribution in [-0.2, 0) is 4.79 Å². The van der Waals surface area contributed by atoms with Crippen molar-refractivity contribution in [1.82, 2.24) is 10.6 Å². The van der Waals surface area contributed by atoms with Crippen molar-refractivity contribution in [3.63, 3.8) is 0 Å². The SMILES string of the molecule is CCNCCNC(=O)C=Cc1ccccc1. The molecule has 0 fully saturated rings. The minimum atomic E-state index is -0.0539. The molecule has 1 aromatic carbocycles. The maximum atomic E-state index is 11.4. The Labute approximate surface area is 96.6 Å². The van der Waals surface area contributed by atoms with Gasteiger partial charge >= 0.3 is 0 Å². The molecule has 0 heterocycles. The summed E-state index contributed by atoms with van der Waals surface area (Å²) in [6, 6.07) is 9.77. The average Bonchev–Trinajstić information content (AvgIpc) is 2.33. The van der Waals surface area contributed by atoms with Crippen molar-refractivity contribution in [2.45, 2.75) is 6.92 Å². The van der Waals surface area contributed by atoms with Gasteiger partial charge in [-0.1, -0.05) is 37.3 Å². The van der Waals surface area contributed by atoms with Gasteiger partial charge in [0.2, 0.25) is 5.91 Å². The topological polar surface area (TPSA) is 41.1 Å². The van der Waals surface area contributed by atoms with Crippen molar-refractivity contribution in [2.24, 2.45) is 0 Å². The molecule has 1 aromatic rings. The molecule has 0 spiro atoms. The van der Waals surface area contributed by atoms with Crippen molar-refractivity contribution >= 4 is 12.0 Å². The van der Waals surface area contributed by atoms with Gasteiger partial charge in [0, 0.05) is 19.2 Å². The Hall–Kier alpha value is -1.61. The molecule has 1 amide bonds. The Morgan fingerprint density at radius 3 is 2.69 bits per heavy atom. The highest BCUT2D eigenvalue weighted by molar-refractivity contribution is 5.91. The maximum absolute atomic E-state index is 11.4. The van der Waals surface area contributed by atoms with Crippen LogP contribution in [0.5, 0.6) is 0 Å². The summed E-state index contributed by atoms with van der Waals surface area (Å²) in [6.07, 6.45) is 3.36. The van der Waals surface area contributed by atoms with E-state index in [1.807, 2.05) is 43.3 Å². The lowest BCUT2D eigenvalue weighted by Crippen LogP contribution is -2.30. The van der Waals surface area contributed by atoms with Gasteiger partial charge in [-0.15, -0.1) is 0 Å². The molecule has 0 saturated heterocycles. The third kappa shape index (κ3) is 5.32. The summed E-state index contributed by atoms with van der Waals surface area (Å²) in [5.74, 6) is -0.0539. The summed E-state index contributed by atoms with van der Waals surface area (Å²) in [5, 5.41) is 5.94. The number of rotatable bonds is 6. The van der Waals surface area contributed by atoms with E-state index in [-0.39, 0.29) is 5.91 Å². The zero-order chi connectivity index (χ0) is 11.6. The summed E-state index contributed by atoms with van der Waals surface area (Å²) in [7, 11) is 0. The van der Waals surface area contributed by atoms with Gasteiger partial charge in [-0.05, 0) is 18.2 Å². The number of nitrogens with one attached hydrogen (secondary N) is 2. The molecule has 16 heavy (non-hydrogen) atoms. The minimum Gasteiger partial charge on any atom is -0.351 e. The molecule has 0 aliphatic heterocycles. The first-order chi connectivity index (χ1) is 7.83. The molecule has 0 unspecified atom stereocenters. The van der Waals surface area contributed by atoms with Crippen LogP contribution in [0.15, 0.2) is 36.4 Å². The fraction of sp³-hybridized carbons (Fsp3) is 0.308. The first kappa shape index (κ1) is 12.5. The normalized spacial score (nSPS) is 10.6. The molecule has 0 bridgehead atoms. The Morgan fingerprint density at radius 2 is 2.00 bits per heavy atom. The summed E-state index contributed by atoms with van der Waals surface area (Å²) in [6.45, 7) is 4.43. The lowest BCUT2D eigenvalue weighted by molar-refractivity contribution is -0.116. The van der Waals surface area contributed by atoms with E-state index in [2.05, 4.69) is 10.6 Å². The van der Waals surface area contributed by atoms with Gasteiger partial charge in [-0.25, -0.2) is 0 Å². The van der Waals surface area contributed by atoms with E-state index in [0.29, 0.717) is 6.54 Å². The molecule has 0 aliphatic rings. The molecular formula is C13H18N2O. The number of hydrogen-bond donors (Lipinski definition) is 2. The first-order valence-corrected chi connectivity index (χ1v) is 5.54. The average molecular weight is 218 g/mol. The second-order valence-electron chi connectivity index (χ2n) is 3.39. The predicted molar refractivity (Wildman–Crippen MR) is 67.0 cm³/mol. The van der Waals surface area contributed by atoms with Crippen LogP contribution in [0, 0.1) is 0 Å². The largest absolute Gasteiger partial charge is 0.351 e. The molecular weight excluding hydrogens is 200 g/mol. The molecule has 2 N–H and O–H groups in total. The summed E-state index contributed by atoms with van der Waals surface area (Å²) in [4.78, 5) is 11.4.